The van der Waals surface area contributed by atoms with E-state index in [0.29, 0.717) is 5.56 Å². The van der Waals surface area contributed by atoms with Gasteiger partial charge in [-0.05, 0) is 36.4 Å². The molecule has 1 amide bonds. The van der Waals surface area contributed by atoms with Crippen LogP contribution >= 0.6 is 23.2 Å². The number of amides is 1. The molecule has 0 aromatic heterocycles. The molecule has 0 bridgehead atoms. The predicted molar refractivity (Wildman–Crippen MR) is 121 cm³/mol. The van der Waals surface area contributed by atoms with E-state index in [9.17, 15) is 24.3 Å². The van der Waals surface area contributed by atoms with Gasteiger partial charge in [-0.15, -0.1) is 0 Å². The molecule has 166 valence electrons. The highest BCUT2D eigenvalue weighted by Gasteiger charge is 2.46. The normalized spacial score (nSPS) is 15.3. The fourth-order valence-electron chi connectivity index (χ4n) is 3.56. The number of halogens is 2. The van der Waals surface area contributed by atoms with Crippen molar-refractivity contribution in [1.82, 2.24) is 0 Å². The molecule has 0 aliphatic carbocycles. The van der Waals surface area contributed by atoms with Crippen LogP contribution in [0.15, 0.2) is 66.7 Å². The molecule has 7 nitrogen and oxygen atoms in total. The summed E-state index contributed by atoms with van der Waals surface area (Å²) in [5, 5.41) is 12.2. The largest absolute Gasteiger partial charge is 0.508 e. The van der Waals surface area contributed by atoms with Gasteiger partial charge in [0, 0.05) is 22.9 Å². The van der Waals surface area contributed by atoms with Crippen LogP contribution in [0.1, 0.15) is 32.4 Å². The van der Waals surface area contributed by atoms with Gasteiger partial charge < -0.3 is 15.2 Å². The van der Waals surface area contributed by atoms with Gasteiger partial charge in [0.2, 0.25) is 5.78 Å². The monoisotopic (exact) mass is 483 g/mol. The summed E-state index contributed by atoms with van der Waals surface area (Å²) in [5.41, 5.74) is 0.696. The van der Waals surface area contributed by atoms with E-state index in [0.717, 1.165) is 0 Å². The maximum absolute atomic E-state index is 13.4. The van der Waals surface area contributed by atoms with E-state index in [-0.39, 0.29) is 32.6 Å². The molecule has 0 saturated carbocycles. The molecule has 33 heavy (non-hydrogen) atoms. The number of carbonyl (C=O) groups is 4. The maximum Gasteiger partial charge on any atom is 0.339 e. The number of esters is 1. The third-order valence-electron chi connectivity index (χ3n) is 5.12. The smallest absolute Gasteiger partial charge is 0.339 e. The predicted octanol–water partition coefficient (Wildman–Crippen LogP) is 4.62. The lowest BCUT2D eigenvalue weighted by molar-refractivity contribution is -0.138. The van der Waals surface area contributed by atoms with Crippen LogP contribution in [-0.2, 0) is 14.3 Å². The van der Waals surface area contributed by atoms with Crippen LogP contribution < -0.4 is 5.32 Å². The standard InChI is InChI=1S/C24H15Cl2NO6/c25-17-9-8-12(10-18(17)26)20(29)19(22-15-6-1-2-7-16(15)24(32)33-22)21(30)23(31)27-13-4-3-5-14(28)11-13/h1-11,19,22,28H,(H,27,31)/t19-,22-/m1/s1. The molecular weight excluding hydrogens is 469 g/mol. The molecule has 0 radical (unpaired) electrons. The van der Waals surface area contributed by atoms with Gasteiger partial charge in [0.15, 0.2) is 5.78 Å². The first-order valence-corrected chi connectivity index (χ1v) is 10.4. The molecule has 1 aliphatic rings. The van der Waals surface area contributed by atoms with Crippen LogP contribution in [0, 0.1) is 5.92 Å². The molecule has 1 aliphatic heterocycles. The van der Waals surface area contributed by atoms with Gasteiger partial charge in [0.25, 0.3) is 5.91 Å². The molecule has 2 N–H and O–H groups in total. The highest BCUT2D eigenvalue weighted by atomic mass is 35.5. The average Bonchev–Trinajstić information content (AvgIpc) is 3.12. The number of Topliss-reactive ketones (excluding diaryl/α,β-unsaturated/α-hetero) is 2. The van der Waals surface area contributed by atoms with Crippen LogP contribution in [0.5, 0.6) is 5.75 Å². The molecule has 0 spiro atoms. The van der Waals surface area contributed by atoms with Gasteiger partial charge in [0.05, 0.1) is 15.6 Å². The number of aromatic hydroxyl groups is 1. The van der Waals surface area contributed by atoms with E-state index in [1.54, 1.807) is 18.2 Å². The number of hydrogen-bond donors (Lipinski definition) is 2. The zero-order valence-electron chi connectivity index (χ0n) is 16.7. The number of benzene rings is 3. The van der Waals surface area contributed by atoms with Crippen molar-refractivity contribution in [3.63, 3.8) is 0 Å². The van der Waals surface area contributed by atoms with Gasteiger partial charge in [-0.1, -0.05) is 47.5 Å². The first kappa shape index (κ1) is 22.5. The van der Waals surface area contributed by atoms with Crippen molar-refractivity contribution in [2.45, 2.75) is 6.10 Å². The Labute approximate surface area is 197 Å². The van der Waals surface area contributed by atoms with Gasteiger partial charge in [-0.25, -0.2) is 4.79 Å². The minimum atomic E-state index is -1.67. The van der Waals surface area contributed by atoms with Crippen molar-refractivity contribution in [1.29, 1.82) is 0 Å². The average molecular weight is 484 g/mol. The van der Waals surface area contributed by atoms with Gasteiger partial charge in [-0.3, -0.25) is 14.4 Å². The third kappa shape index (κ3) is 4.46. The summed E-state index contributed by atoms with van der Waals surface area (Å²) in [6, 6.07) is 15.9. The number of rotatable bonds is 6. The summed E-state index contributed by atoms with van der Waals surface area (Å²) < 4.78 is 5.37. The van der Waals surface area contributed by atoms with E-state index >= 15 is 0 Å². The zero-order valence-corrected chi connectivity index (χ0v) is 18.3. The minimum Gasteiger partial charge on any atom is -0.508 e. The van der Waals surface area contributed by atoms with E-state index in [1.165, 1.54) is 48.5 Å². The Bertz CT molecular complexity index is 1310. The second kappa shape index (κ2) is 9.05. The Hall–Kier alpha value is -3.68. The fourth-order valence-corrected chi connectivity index (χ4v) is 3.86. The fraction of sp³-hybridized carbons (Fsp3) is 0.0833. The molecule has 2 atom stereocenters. The minimum absolute atomic E-state index is 0.0216. The molecule has 9 heteroatoms. The maximum atomic E-state index is 13.4. The lowest BCUT2D eigenvalue weighted by Crippen LogP contribution is -2.38. The van der Waals surface area contributed by atoms with Crippen molar-refractivity contribution in [2.24, 2.45) is 5.92 Å². The van der Waals surface area contributed by atoms with Crippen molar-refractivity contribution in [3.05, 3.63) is 93.5 Å². The van der Waals surface area contributed by atoms with Crippen LogP contribution in [-0.4, -0.2) is 28.5 Å². The van der Waals surface area contributed by atoms with Crippen LogP contribution in [0.25, 0.3) is 0 Å². The van der Waals surface area contributed by atoms with Crippen molar-refractivity contribution in [3.8, 4) is 5.75 Å². The Morgan fingerprint density at radius 1 is 0.939 bits per heavy atom. The first-order chi connectivity index (χ1) is 15.8. The topological polar surface area (TPSA) is 110 Å². The van der Waals surface area contributed by atoms with Crippen LogP contribution in [0.3, 0.4) is 0 Å². The molecular formula is C24H15Cl2NO6. The number of ketones is 2. The van der Waals surface area contributed by atoms with E-state index in [4.69, 9.17) is 27.9 Å². The summed E-state index contributed by atoms with van der Waals surface area (Å²) >= 11 is 12.0. The SMILES string of the molecule is O=C(Nc1cccc(O)c1)C(=O)[C@@H](C(=O)c1ccc(Cl)c(Cl)c1)[C@@H]1OC(=O)c2ccccc21. The van der Waals surface area contributed by atoms with Gasteiger partial charge >= 0.3 is 5.97 Å². The lowest BCUT2D eigenvalue weighted by atomic mass is 9.84. The van der Waals surface area contributed by atoms with E-state index in [2.05, 4.69) is 5.32 Å². The van der Waals surface area contributed by atoms with Gasteiger partial charge in [0.1, 0.15) is 17.8 Å². The van der Waals surface area contributed by atoms with Crippen molar-refractivity contribution < 1.29 is 29.0 Å². The molecule has 4 rings (SSSR count). The highest BCUT2D eigenvalue weighted by molar-refractivity contribution is 6.46. The molecule has 0 saturated heterocycles. The van der Waals surface area contributed by atoms with Crippen LogP contribution in [0.4, 0.5) is 5.69 Å². The van der Waals surface area contributed by atoms with E-state index < -0.39 is 35.5 Å². The first-order valence-electron chi connectivity index (χ1n) is 9.69. The number of anilines is 1. The molecule has 1 heterocycles. The van der Waals surface area contributed by atoms with Crippen LogP contribution in [0.2, 0.25) is 10.0 Å². The number of hydrogen-bond acceptors (Lipinski definition) is 6. The number of phenolic OH excluding ortho intramolecular Hbond substituents is 1. The highest BCUT2D eigenvalue weighted by Crippen LogP contribution is 2.38. The Morgan fingerprint density at radius 3 is 2.42 bits per heavy atom. The summed E-state index contributed by atoms with van der Waals surface area (Å²) in [6.07, 6.45) is -1.31. The van der Waals surface area contributed by atoms with Crippen molar-refractivity contribution in [2.75, 3.05) is 5.32 Å². The Balaban J connectivity index is 1.73. The number of phenols is 1. The van der Waals surface area contributed by atoms with Gasteiger partial charge in [-0.2, -0.15) is 0 Å². The summed E-state index contributed by atoms with van der Waals surface area (Å²) in [7, 11) is 0. The molecule has 3 aromatic rings. The lowest BCUT2D eigenvalue weighted by Gasteiger charge is -2.21. The number of cyclic esters (lactones) is 1. The number of carbonyl (C=O) groups excluding carboxylic acids is 4. The zero-order chi connectivity index (χ0) is 23.7. The number of fused-ring (bicyclic) bond motifs is 1. The second-order valence-corrected chi connectivity index (χ2v) is 8.07. The number of ether oxygens (including phenoxy) is 1. The Kier molecular flexibility index (Phi) is 6.18. The second-order valence-electron chi connectivity index (χ2n) is 7.25. The summed E-state index contributed by atoms with van der Waals surface area (Å²) in [5.74, 6) is -5.50. The molecule has 0 fully saturated rings. The van der Waals surface area contributed by atoms with E-state index in [1.807, 2.05) is 0 Å². The molecule has 3 aromatic carbocycles. The molecule has 0 unspecified atom stereocenters. The third-order valence-corrected chi connectivity index (χ3v) is 5.86. The van der Waals surface area contributed by atoms with Crippen molar-refractivity contribution >= 4 is 52.3 Å². The number of nitrogens with one attached hydrogen (secondary N) is 1. The Morgan fingerprint density at radius 2 is 1.70 bits per heavy atom. The summed E-state index contributed by atoms with van der Waals surface area (Å²) in [6.45, 7) is 0. The summed E-state index contributed by atoms with van der Waals surface area (Å²) in [4.78, 5) is 51.8. The quantitative estimate of drug-likeness (QED) is 0.229.